The molecule has 1 N–H and O–H groups in total. The van der Waals surface area contributed by atoms with Crippen molar-refractivity contribution >= 4 is 16.8 Å². The molecule has 86 valence electrons. The van der Waals surface area contributed by atoms with Crippen LogP contribution >= 0.6 is 0 Å². The highest BCUT2D eigenvalue weighted by molar-refractivity contribution is 5.87. The quantitative estimate of drug-likeness (QED) is 0.817. The Morgan fingerprint density at radius 1 is 1.29 bits per heavy atom. The normalized spacial score (nSPS) is 10.9. The molecule has 0 atom stereocenters. The van der Waals surface area contributed by atoms with Gasteiger partial charge in [-0.25, -0.2) is 0 Å². The molecular weight excluding hydrogens is 212 g/mol. The van der Waals surface area contributed by atoms with Crippen LogP contribution in [-0.2, 0) is 11.3 Å². The van der Waals surface area contributed by atoms with Crippen LogP contribution in [0.25, 0.3) is 10.9 Å². The van der Waals surface area contributed by atoms with Crippen molar-refractivity contribution in [1.82, 2.24) is 10.3 Å². The lowest BCUT2D eigenvalue weighted by atomic mass is 10.2. The van der Waals surface area contributed by atoms with Crippen LogP contribution < -0.4 is 5.32 Å². The van der Waals surface area contributed by atoms with E-state index in [4.69, 9.17) is 0 Å². The summed E-state index contributed by atoms with van der Waals surface area (Å²) in [6.07, 6.45) is 3.21. The van der Waals surface area contributed by atoms with Crippen LogP contribution in [0.3, 0.4) is 0 Å². The number of pyridine rings is 1. The number of aromatic nitrogens is 1. The lowest BCUT2D eigenvalue weighted by molar-refractivity contribution is -0.116. The minimum Gasteiger partial charge on any atom is -0.347 e. The minimum atomic E-state index is -0.0949. The molecule has 0 bridgehead atoms. The smallest absolute Gasteiger partial charge is 0.243 e. The maximum Gasteiger partial charge on any atom is 0.243 e. The zero-order valence-corrected chi connectivity index (χ0v) is 9.68. The highest BCUT2D eigenvalue weighted by Gasteiger charge is 1.99. The fourth-order valence-electron chi connectivity index (χ4n) is 1.59. The number of allylic oxidation sites excluding steroid dienone is 1. The van der Waals surface area contributed by atoms with Crippen LogP contribution in [-0.4, -0.2) is 10.9 Å². The summed E-state index contributed by atoms with van der Waals surface area (Å²) in [5.74, 6) is -0.0949. The Morgan fingerprint density at radius 3 is 2.94 bits per heavy atom. The van der Waals surface area contributed by atoms with Crippen molar-refractivity contribution in [3.63, 3.8) is 0 Å². The molecule has 0 spiro atoms. The third-order valence-corrected chi connectivity index (χ3v) is 2.42. The summed E-state index contributed by atoms with van der Waals surface area (Å²) < 4.78 is 0. The van der Waals surface area contributed by atoms with Gasteiger partial charge in [0.25, 0.3) is 0 Å². The van der Waals surface area contributed by atoms with Gasteiger partial charge in [0.05, 0.1) is 17.8 Å². The third-order valence-electron chi connectivity index (χ3n) is 2.42. The Hall–Kier alpha value is -2.16. The van der Waals surface area contributed by atoms with Crippen LogP contribution in [0.4, 0.5) is 0 Å². The van der Waals surface area contributed by atoms with Gasteiger partial charge in [-0.2, -0.15) is 0 Å². The average molecular weight is 226 g/mol. The summed E-state index contributed by atoms with van der Waals surface area (Å²) >= 11 is 0. The molecule has 17 heavy (non-hydrogen) atoms. The van der Waals surface area contributed by atoms with Gasteiger partial charge in [-0.15, -0.1) is 0 Å². The van der Waals surface area contributed by atoms with Crippen molar-refractivity contribution in [1.29, 1.82) is 0 Å². The Labute approximate surface area is 100 Å². The summed E-state index contributed by atoms with van der Waals surface area (Å²) in [6.45, 7) is 2.27. The standard InChI is InChI=1S/C14H14N2O/c1-2-5-14(17)15-10-12-9-8-11-6-3-4-7-13(11)16-12/h2-9H,10H2,1H3,(H,15,17)/b5-2+. The van der Waals surface area contributed by atoms with Crippen molar-refractivity contribution in [2.75, 3.05) is 0 Å². The maximum absolute atomic E-state index is 11.3. The maximum atomic E-state index is 11.3. The first-order valence-corrected chi connectivity index (χ1v) is 5.55. The largest absolute Gasteiger partial charge is 0.347 e. The van der Waals surface area contributed by atoms with Gasteiger partial charge >= 0.3 is 0 Å². The second kappa shape index (κ2) is 5.25. The zero-order chi connectivity index (χ0) is 12.1. The second-order valence-electron chi connectivity index (χ2n) is 3.71. The van der Waals surface area contributed by atoms with Crippen LogP contribution in [0.5, 0.6) is 0 Å². The topological polar surface area (TPSA) is 42.0 Å². The van der Waals surface area contributed by atoms with Crippen LogP contribution in [0, 0.1) is 0 Å². The van der Waals surface area contributed by atoms with Gasteiger partial charge in [-0.1, -0.05) is 30.3 Å². The first-order valence-electron chi connectivity index (χ1n) is 5.55. The highest BCUT2D eigenvalue weighted by atomic mass is 16.1. The predicted molar refractivity (Wildman–Crippen MR) is 68.4 cm³/mol. The molecule has 0 saturated carbocycles. The summed E-state index contributed by atoms with van der Waals surface area (Å²) in [5.41, 5.74) is 1.81. The lowest BCUT2D eigenvalue weighted by Gasteiger charge is -2.03. The number of benzene rings is 1. The number of hydrogen-bond donors (Lipinski definition) is 1. The van der Waals surface area contributed by atoms with Gasteiger partial charge in [0.1, 0.15) is 0 Å². The number of nitrogens with zero attached hydrogens (tertiary/aromatic N) is 1. The Bertz CT molecular complexity index is 561. The number of fused-ring (bicyclic) bond motifs is 1. The van der Waals surface area contributed by atoms with Crippen LogP contribution in [0.15, 0.2) is 48.6 Å². The van der Waals surface area contributed by atoms with Gasteiger partial charge in [-0.3, -0.25) is 9.78 Å². The molecule has 1 amide bonds. The number of para-hydroxylation sites is 1. The van der Waals surface area contributed by atoms with E-state index < -0.39 is 0 Å². The summed E-state index contributed by atoms with van der Waals surface area (Å²) in [5, 5.41) is 3.88. The van der Waals surface area contributed by atoms with Crippen LogP contribution in [0.2, 0.25) is 0 Å². The van der Waals surface area contributed by atoms with E-state index in [1.807, 2.05) is 43.3 Å². The second-order valence-corrected chi connectivity index (χ2v) is 3.71. The summed E-state index contributed by atoms with van der Waals surface area (Å²) in [6, 6.07) is 11.9. The lowest BCUT2D eigenvalue weighted by Crippen LogP contribution is -2.20. The molecule has 1 aromatic heterocycles. The number of hydrogen-bond acceptors (Lipinski definition) is 2. The van der Waals surface area contributed by atoms with Gasteiger partial charge in [0.15, 0.2) is 0 Å². The summed E-state index contributed by atoms with van der Waals surface area (Å²) in [7, 11) is 0. The highest BCUT2D eigenvalue weighted by Crippen LogP contribution is 2.11. The molecule has 0 radical (unpaired) electrons. The molecule has 1 aromatic carbocycles. The van der Waals surface area contributed by atoms with E-state index in [0.29, 0.717) is 6.54 Å². The van der Waals surface area contributed by atoms with E-state index in [0.717, 1.165) is 16.6 Å². The molecule has 3 nitrogen and oxygen atoms in total. The van der Waals surface area contributed by atoms with Crippen LogP contribution in [0.1, 0.15) is 12.6 Å². The molecule has 2 rings (SSSR count). The Balaban J connectivity index is 2.11. The molecule has 0 aliphatic rings. The van der Waals surface area contributed by atoms with Gasteiger partial charge in [0.2, 0.25) is 5.91 Å². The van der Waals surface area contributed by atoms with Crippen molar-refractivity contribution in [2.45, 2.75) is 13.5 Å². The van der Waals surface area contributed by atoms with E-state index in [-0.39, 0.29) is 5.91 Å². The number of amides is 1. The van der Waals surface area contributed by atoms with Crippen molar-refractivity contribution in [3.05, 3.63) is 54.2 Å². The molecule has 0 unspecified atom stereocenters. The number of carbonyl (C=O) groups excluding carboxylic acids is 1. The Kier molecular flexibility index (Phi) is 3.50. The van der Waals surface area contributed by atoms with Gasteiger partial charge in [0, 0.05) is 5.39 Å². The summed E-state index contributed by atoms with van der Waals surface area (Å²) in [4.78, 5) is 15.7. The molecule has 0 fully saturated rings. The predicted octanol–water partition coefficient (Wildman–Crippen LogP) is 2.43. The minimum absolute atomic E-state index is 0.0949. The van der Waals surface area contributed by atoms with Gasteiger partial charge in [-0.05, 0) is 25.1 Å². The molecule has 1 heterocycles. The van der Waals surface area contributed by atoms with Crippen molar-refractivity contribution in [3.8, 4) is 0 Å². The van der Waals surface area contributed by atoms with E-state index in [1.165, 1.54) is 6.08 Å². The fraction of sp³-hybridized carbons (Fsp3) is 0.143. The first-order chi connectivity index (χ1) is 8.29. The molecule has 0 aliphatic carbocycles. The molecule has 0 aliphatic heterocycles. The zero-order valence-electron chi connectivity index (χ0n) is 9.68. The van der Waals surface area contributed by atoms with Crippen molar-refractivity contribution < 1.29 is 4.79 Å². The van der Waals surface area contributed by atoms with E-state index in [1.54, 1.807) is 6.08 Å². The number of nitrogens with one attached hydrogen (secondary N) is 1. The van der Waals surface area contributed by atoms with Crippen molar-refractivity contribution in [2.24, 2.45) is 0 Å². The monoisotopic (exact) mass is 226 g/mol. The van der Waals surface area contributed by atoms with E-state index in [2.05, 4.69) is 10.3 Å². The molecule has 2 aromatic rings. The van der Waals surface area contributed by atoms with E-state index >= 15 is 0 Å². The third kappa shape index (κ3) is 2.91. The molecule has 0 saturated heterocycles. The first kappa shape index (κ1) is 11.3. The average Bonchev–Trinajstić information content (AvgIpc) is 2.36. The van der Waals surface area contributed by atoms with E-state index in [9.17, 15) is 4.79 Å². The number of rotatable bonds is 3. The Morgan fingerprint density at radius 2 is 2.12 bits per heavy atom. The molecule has 3 heteroatoms. The SMILES string of the molecule is C/C=C/C(=O)NCc1ccc2ccccc2n1. The van der Waals surface area contributed by atoms with Gasteiger partial charge < -0.3 is 5.32 Å². The fourth-order valence-corrected chi connectivity index (χ4v) is 1.59. The molecular formula is C14H14N2O. The number of carbonyl (C=O) groups is 1.